The molecule has 0 saturated carbocycles. The molecule has 0 bridgehead atoms. The largest absolute Gasteiger partial charge is 0.460 e. The van der Waals surface area contributed by atoms with Crippen molar-refractivity contribution in [2.75, 3.05) is 13.1 Å². The van der Waals surface area contributed by atoms with Crippen LogP contribution in [0.2, 0.25) is 0 Å². The number of para-hydroxylation sites is 1. The van der Waals surface area contributed by atoms with E-state index in [4.69, 9.17) is 4.42 Å². The van der Waals surface area contributed by atoms with Crippen molar-refractivity contribution in [3.63, 3.8) is 0 Å². The first-order valence-electron chi connectivity index (χ1n) is 6.76. The van der Waals surface area contributed by atoms with Gasteiger partial charge in [0.25, 0.3) is 12.3 Å². The molecule has 0 unspecified atom stereocenters. The number of likely N-dealkylation sites (tertiary alicyclic amines) is 1. The number of hydrogen-bond donors (Lipinski definition) is 1. The molecule has 2 aromatic rings. The first-order valence-corrected chi connectivity index (χ1v) is 6.76. The maximum Gasteiger partial charge on any atom is 0.270 e. The molecule has 3 rings (SSSR count). The Morgan fingerprint density at radius 1 is 1.43 bits per heavy atom. The number of hydrogen-bond acceptors (Lipinski definition) is 3. The van der Waals surface area contributed by atoms with Gasteiger partial charge in [0.2, 0.25) is 0 Å². The van der Waals surface area contributed by atoms with Crippen LogP contribution in [0.3, 0.4) is 0 Å². The van der Waals surface area contributed by atoms with Crippen molar-refractivity contribution in [2.24, 2.45) is 0 Å². The maximum atomic E-state index is 12.6. The third-order valence-corrected chi connectivity index (χ3v) is 3.83. The van der Waals surface area contributed by atoms with Crippen LogP contribution in [0.4, 0.5) is 8.78 Å². The fourth-order valence-corrected chi connectivity index (χ4v) is 2.63. The zero-order chi connectivity index (χ0) is 15.2. The van der Waals surface area contributed by atoms with Gasteiger partial charge < -0.3 is 14.4 Å². The summed E-state index contributed by atoms with van der Waals surface area (Å²) in [7, 11) is 0. The molecule has 1 saturated heterocycles. The molecular formula is C15H15F2NO3. The van der Waals surface area contributed by atoms with Crippen molar-refractivity contribution in [2.45, 2.75) is 25.4 Å². The van der Waals surface area contributed by atoms with Gasteiger partial charge in [-0.05, 0) is 6.07 Å². The zero-order valence-corrected chi connectivity index (χ0v) is 11.5. The van der Waals surface area contributed by atoms with Crippen molar-refractivity contribution in [1.82, 2.24) is 4.90 Å². The number of alkyl halides is 2. The van der Waals surface area contributed by atoms with Gasteiger partial charge in [-0.1, -0.05) is 25.1 Å². The van der Waals surface area contributed by atoms with Crippen LogP contribution in [0.25, 0.3) is 11.0 Å². The number of fused-ring (bicyclic) bond motifs is 1. The molecule has 1 aliphatic heterocycles. The van der Waals surface area contributed by atoms with Crippen LogP contribution >= 0.6 is 0 Å². The van der Waals surface area contributed by atoms with Crippen LogP contribution in [0.5, 0.6) is 0 Å². The SMILES string of the molecule is CCc1oc2ccccc2c1C(=O)N1CC(O)(C(F)F)C1. The van der Waals surface area contributed by atoms with Gasteiger partial charge in [-0.2, -0.15) is 0 Å². The molecule has 0 radical (unpaired) electrons. The minimum Gasteiger partial charge on any atom is -0.460 e. The van der Waals surface area contributed by atoms with Crippen molar-refractivity contribution >= 4 is 16.9 Å². The molecule has 112 valence electrons. The second kappa shape index (κ2) is 4.80. The summed E-state index contributed by atoms with van der Waals surface area (Å²) in [6.45, 7) is 1.15. The van der Waals surface area contributed by atoms with E-state index in [-0.39, 0.29) is 19.0 Å². The molecule has 4 nitrogen and oxygen atoms in total. The number of β-amino-alcohol motifs (C(OH)–C–C–N with tert-alkyl or cyclic N) is 1. The molecule has 1 N–H and O–H groups in total. The van der Waals surface area contributed by atoms with Gasteiger partial charge in [0.05, 0.1) is 18.7 Å². The lowest BCUT2D eigenvalue weighted by Crippen LogP contribution is -2.67. The van der Waals surface area contributed by atoms with Gasteiger partial charge in [-0.15, -0.1) is 0 Å². The molecule has 0 spiro atoms. The van der Waals surface area contributed by atoms with Crippen molar-refractivity contribution in [3.05, 3.63) is 35.6 Å². The lowest BCUT2D eigenvalue weighted by molar-refractivity contribution is -0.166. The van der Waals surface area contributed by atoms with Crippen LogP contribution in [0, 0.1) is 0 Å². The minimum atomic E-state index is -2.85. The summed E-state index contributed by atoms with van der Waals surface area (Å²) in [4.78, 5) is 13.7. The van der Waals surface area contributed by atoms with E-state index in [0.29, 0.717) is 28.7 Å². The van der Waals surface area contributed by atoms with Crippen molar-refractivity contribution in [3.8, 4) is 0 Å². The van der Waals surface area contributed by atoms with Crippen molar-refractivity contribution in [1.29, 1.82) is 0 Å². The first kappa shape index (κ1) is 14.0. The molecule has 1 aromatic carbocycles. The highest BCUT2D eigenvalue weighted by Gasteiger charge is 2.51. The Hall–Kier alpha value is -1.95. The quantitative estimate of drug-likeness (QED) is 0.946. The average molecular weight is 295 g/mol. The third-order valence-electron chi connectivity index (χ3n) is 3.83. The van der Waals surface area contributed by atoms with Crippen LogP contribution in [0.15, 0.2) is 28.7 Å². The number of carbonyl (C=O) groups excluding carboxylic acids is 1. The first-order chi connectivity index (χ1) is 9.96. The predicted octanol–water partition coefficient (Wildman–Crippen LogP) is 2.45. The van der Waals surface area contributed by atoms with Gasteiger partial charge in [-0.3, -0.25) is 4.79 Å². The number of amides is 1. The molecule has 1 amide bonds. The summed E-state index contributed by atoms with van der Waals surface area (Å²) in [5, 5.41) is 10.2. The van der Waals surface area contributed by atoms with E-state index in [1.807, 2.05) is 6.92 Å². The smallest absolute Gasteiger partial charge is 0.270 e. The van der Waals surface area contributed by atoms with Gasteiger partial charge in [0.1, 0.15) is 11.3 Å². The summed E-state index contributed by atoms with van der Waals surface area (Å²) >= 11 is 0. The monoisotopic (exact) mass is 295 g/mol. The predicted molar refractivity (Wildman–Crippen MR) is 72.4 cm³/mol. The highest BCUT2D eigenvalue weighted by atomic mass is 19.3. The Labute approximate surface area is 120 Å². The number of halogens is 2. The van der Waals surface area contributed by atoms with Crippen LogP contribution < -0.4 is 0 Å². The summed E-state index contributed by atoms with van der Waals surface area (Å²) in [6, 6.07) is 7.12. The summed E-state index contributed by atoms with van der Waals surface area (Å²) < 4.78 is 30.9. The lowest BCUT2D eigenvalue weighted by atomic mass is 9.93. The van der Waals surface area contributed by atoms with E-state index in [0.717, 1.165) is 0 Å². The van der Waals surface area contributed by atoms with Gasteiger partial charge >= 0.3 is 0 Å². The zero-order valence-electron chi connectivity index (χ0n) is 11.5. The average Bonchev–Trinajstić information content (AvgIpc) is 2.81. The topological polar surface area (TPSA) is 53.7 Å². The maximum absolute atomic E-state index is 12.6. The summed E-state index contributed by atoms with van der Waals surface area (Å²) in [5.74, 6) is 0.163. The lowest BCUT2D eigenvalue weighted by Gasteiger charge is -2.45. The van der Waals surface area contributed by atoms with E-state index in [1.54, 1.807) is 24.3 Å². The number of carbonyl (C=O) groups is 1. The van der Waals surface area contributed by atoms with E-state index in [1.165, 1.54) is 4.90 Å². The second-order valence-corrected chi connectivity index (χ2v) is 5.32. The fraction of sp³-hybridized carbons (Fsp3) is 0.400. The second-order valence-electron chi connectivity index (χ2n) is 5.32. The number of benzene rings is 1. The molecule has 0 aliphatic carbocycles. The highest BCUT2D eigenvalue weighted by molar-refractivity contribution is 6.07. The number of aryl methyl sites for hydroxylation is 1. The van der Waals surface area contributed by atoms with Gasteiger partial charge in [0.15, 0.2) is 5.60 Å². The van der Waals surface area contributed by atoms with Gasteiger partial charge in [-0.25, -0.2) is 8.78 Å². The number of furan rings is 1. The molecular weight excluding hydrogens is 280 g/mol. The Bertz CT molecular complexity index is 689. The summed E-state index contributed by atoms with van der Waals surface area (Å²) in [6.07, 6.45) is -2.32. The van der Waals surface area contributed by atoms with E-state index < -0.39 is 12.0 Å². The minimum absolute atomic E-state index is 0.355. The normalized spacial score (nSPS) is 17.3. The van der Waals surface area contributed by atoms with Crippen LogP contribution in [-0.2, 0) is 6.42 Å². The molecule has 2 heterocycles. The Balaban J connectivity index is 1.93. The molecule has 21 heavy (non-hydrogen) atoms. The Morgan fingerprint density at radius 3 is 2.71 bits per heavy atom. The Kier molecular flexibility index (Phi) is 3.20. The van der Waals surface area contributed by atoms with Crippen LogP contribution in [-0.4, -0.2) is 41.0 Å². The number of rotatable bonds is 3. The molecule has 1 fully saturated rings. The van der Waals surface area contributed by atoms with E-state index in [2.05, 4.69) is 0 Å². The molecule has 6 heteroatoms. The third kappa shape index (κ3) is 2.10. The van der Waals surface area contributed by atoms with E-state index in [9.17, 15) is 18.7 Å². The van der Waals surface area contributed by atoms with Gasteiger partial charge in [0, 0.05) is 11.8 Å². The fourth-order valence-electron chi connectivity index (χ4n) is 2.63. The molecule has 0 atom stereocenters. The molecule has 1 aliphatic rings. The van der Waals surface area contributed by atoms with E-state index >= 15 is 0 Å². The number of aliphatic hydroxyl groups is 1. The molecule has 1 aromatic heterocycles. The summed E-state index contributed by atoms with van der Waals surface area (Å²) in [5.41, 5.74) is -1.08. The van der Waals surface area contributed by atoms with Crippen molar-refractivity contribution < 1.29 is 23.1 Å². The standard InChI is InChI=1S/C15H15F2NO3/c1-2-10-12(9-5-3-4-6-11(9)21-10)13(19)18-7-15(20,8-18)14(16)17/h3-6,14,20H,2,7-8H2,1H3. The highest BCUT2D eigenvalue weighted by Crippen LogP contribution is 2.33. The number of nitrogens with zero attached hydrogens (tertiary/aromatic N) is 1. The van der Waals surface area contributed by atoms with Crippen LogP contribution in [0.1, 0.15) is 23.0 Å². The Morgan fingerprint density at radius 2 is 2.10 bits per heavy atom.